The first-order valence-electron chi connectivity index (χ1n) is 13.3. The monoisotopic (exact) mass is 438 g/mol. The Morgan fingerprint density at radius 1 is 1.00 bits per heavy atom. The van der Waals surface area contributed by atoms with Gasteiger partial charge in [0.2, 0.25) is 0 Å². The Kier molecular flexibility index (Phi) is 6.56. The van der Waals surface area contributed by atoms with Crippen LogP contribution in [0.15, 0.2) is 35.5 Å². The molecule has 0 aromatic rings. The van der Waals surface area contributed by atoms with Crippen molar-refractivity contribution in [1.82, 2.24) is 0 Å². The summed E-state index contributed by atoms with van der Waals surface area (Å²) in [7, 11) is 0. The van der Waals surface area contributed by atoms with Gasteiger partial charge in [0.15, 0.2) is 0 Å². The minimum atomic E-state index is -0.136. The molecule has 0 aliphatic heterocycles. The Labute approximate surface area is 197 Å². The quantitative estimate of drug-likeness (QED) is 0.322. The lowest BCUT2D eigenvalue weighted by Crippen LogP contribution is -2.46. The molecule has 8 atom stereocenters. The van der Waals surface area contributed by atoms with Gasteiger partial charge in [0.25, 0.3) is 0 Å². The summed E-state index contributed by atoms with van der Waals surface area (Å²) in [5.74, 6) is 4.11. The summed E-state index contributed by atoms with van der Waals surface area (Å²) in [6, 6.07) is 0. The molecular weight excluding hydrogens is 392 g/mol. The first-order valence-corrected chi connectivity index (χ1v) is 13.3. The molecule has 0 amide bonds. The van der Waals surface area contributed by atoms with Crippen molar-refractivity contribution in [2.24, 2.45) is 46.3 Å². The average Bonchev–Trinajstić information content (AvgIpc) is 3.08. The molecule has 32 heavy (non-hydrogen) atoms. The second-order valence-corrected chi connectivity index (χ2v) is 12.4. The molecule has 3 fully saturated rings. The van der Waals surface area contributed by atoms with E-state index in [2.05, 4.69) is 65.8 Å². The van der Waals surface area contributed by atoms with Crippen LogP contribution in [0.5, 0.6) is 0 Å². The lowest BCUT2D eigenvalue weighted by atomic mass is 9.50. The fraction of sp³-hybridized carbons (Fsp3) is 0.767. The van der Waals surface area contributed by atoms with Gasteiger partial charge in [-0.2, -0.15) is 0 Å². The van der Waals surface area contributed by atoms with Crippen LogP contribution >= 0.6 is 0 Å². The largest absolute Gasteiger partial charge is 0.462 e. The molecule has 4 aliphatic carbocycles. The van der Waals surface area contributed by atoms with Crippen molar-refractivity contribution >= 4 is 5.97 Å². The third kappa shape index (κ3) is 4.05. The SMILES string of the molecule is CC(=O)O[C@H]1CC[C@@]2(C)C(=CC=C3C2CC[C@@]2(C)C3CC[C@@H]2[C@H](C)/C=C/[C@H](C)C(C)C)C1. The maximum atomic E-state index is 11.5. The Morgan fingerprint density at radius 3 is 2.44 bits per heavy atom. The van der Waals surface area contributed by atoms with Crippen LogP contribution in [0.25, 0.3) is 0 Å². The smallest absolute Gasteiger partial charge is 0.302 e. The van der Waals surface area contributed by atoms with Crippen LogP contribution in [0.2, 0.25) is 0 Å². The Bertz CT molecular complexity index is 817. The zero-order valence-corrected chi connectivity index (χ0v) is 21.6. The maximum absolute atomic E-state index is 11.5. The summed E-state index contributed by atoms with van der Waals surface area (Å²) in [6.45, 7) is 16.1. The van der Waals surface area contributed by atoms with E-state index in [4.69, 9.17) is 4.74 Å². The molecule has 0 radical (unpaired) electrons. The van der Waals surface area contributed by atoms with Crippen LogP contribution in [0.4, 0.5) is 0 Å². The number of hydrogen-bond acceptors (Lipinski definition) is 2. The van der Waals surface area contributed by atoms with E-state index < -0.39 is 0 Å². The standard InChI is InChI=1S/C30H46O2/c1-19(2)20(3)8-9-21(4)26-12-13-27-25-11-10-23-18-24(32-22(5)31)14-16-29(23,6)28(25)15-17-30(26,27)7/h8-11,19-21,24,26-28H,12-18H2,1-7H3/b9-8+/t20-,21+,24-,26+,27?,28?,29-,30+/m0/s1. The third-order valence-electron chi connectivity index (χ3n) is 10.3. The number of allylic oxidation sites excluding steroid dienone is 5. The first kappa shape index (κ1) is 23.8. The summed E-state index contributed by atoms with van der Waals surface area (Å²) < 4.78 is 5.59. The third-order valence-corrected chi connectivity index (χ3v) is 10.3. The highest BCUT2D eigenvalue weighted by Crippen LogP contribution is 2.66. The van der Waals surface area contributed by atoms with Gasteiger partial charge in [-0.25, -0.2) is 0 Å². The maximum Gasteiger partial charge on any atom is 0.302 e. The molecule has 0 saturated heterocycles. The topological polar surface area (TPSA) is 26.3 Å². The minimum Gasteiger partial charge on any atom is -0.462 e. The van der Waals surface area contributed by atoms with Crippen LogP contribution < -0.4 is 0 Å². The number of carbonyl (C=O) groups excluding carboxylic acids is 1. The van der Waals surface area contributed by atoms with Gasteiger partial charge >= 0.3 is 5.97 Å². The molecular formula is C30H46O2. The summed E-state index contributed by atoms with van der Waals surface area (Å²) >= 11 is 0. The van der Waals surface area contributed by atoms with Crippen LogP contribution in [-0.2, 0) is 9.53 Å². The number of ether oxygens (including phenoxy) is 1. The molecule has 0 aromatic carbocycles. The zero-order valence-electron chi connectivity index (χ0n) is 21.6. The predicted octanol–water partition coefficient (Wildman–Crippen LogP) is 7.90. The predicted molar refractivity (Wildman–Crippen MR) is 133 cm³/mol. The van der Waals surface area contributed by atoms with Crippen molar-refractivity contribution in [3.05, 3.63) is 35.5 Å². The van der Waals surface area contributed by atoms with Gasteiger partial charge in [-0.05, 0) is 84.9 Å². The van der Waals surface area contributed by atoms with Crippen LogP contribution in [0.3, 0.4) is 0 Å². The molecule has 2 heteroatoms. The molecule has 4 aliphatic rings. The number of esters is 1. The van der Waals surface area contributed by atoms with E-state index in [0.29, 0.717) is 29.1 Å². The van der Waals surface area contributed by atoms with E-state index in [1.54, 1.807) is 12.5 Å². The zero-order chi connectivity index (χ0) is 23.3. The summed E-state index contributed by atoms with van der Waals surface area (Å²) in [5, 5.41) is 0. The van der Waals surface area contributed by atoms with E-state index >= 15 is 0 Å². The molecule has 0 spiro atoms. The Hall–Kier alpha value is -1.31. The fourth-order valence-electron chi connectivity index (χ4n) is 7.92. The molecule has 178 valence electrons. The Morgan fingerprint density at radius 2 is 1.75 bits per heavy atom. The lowest BCUT2D eigenvalue weighted by Gasteiger charge is -2.55. The lowest BCUT2D eigenvalue weighted by molar-refractivity contribution is -0.148. The highest BCUT2D eigenvalue weighted by atomic mass is 16.5. The molecule has 3 saturated carbocycles. The van der Waals surface area contributed by atoms with E-state index in [0.717, 1.165) is 31.1 Å². The van der Waals surface area contributed by atoms with Crippen molar-refractivity contribution in [1.29, 1.82) is 0 Å². The second kappa shape index (κ2) is 8.80. The molecule has 2 unspecified atom stereocenters. The fourth-order valence-corrected chi connectivity index (χ4v) is 7.92. The number of rotatable bonds is 5. The normalized spacial score (nSPS) is 40.8. The van der Waals surface area contributed by atoms with Gasteiger partial charge in [0.1, 0.15) is 6.10 Å². The van der Waals surface area contributed by atoms with E-state index in [1.165, 1.54) is 31.3 Å². The van der Waals surface area contributed by atoms with Crippen LogP contribution in [0, 0.1) is 46.3 Å². The highest BCUT2D eigenvalue weighted by molar-refractivity contribution is 5.66. The number of carbonyl (C=O) groups is 1. The molecule has 0 heterocycles. The summed E-state index contributed by atoms with van der Waals surface area (Å²) in [4.78, 5) is 11.5. The summed E-state index contributed by atoms with van der Waals surface area (Å²) in [5.41, 5.74) is 3.98. The molecule has 4 rings (SSSR count). The van der Waals surface area contributed by atoms with Gasteiger partial charge in [0, 0.05) is 13.3 Å². The van der Waals surface area contributed by atoms with Crippen molar-refractivity contribution in [3.8, 4) is 0 Å². The summed E-state index contributed by atoms with van der Waals surface area (Å²) in [6.07, 6.45) is 18.5. The van der Waals surface area contributed by atoms with Crippen molar-refractivity contribution in [2.45, 2.75) is 99.5 Å². The van der Waals surface area contributed by atoms with Crippen LogP contribution in [0.1, 0.15) is 93.4 Å². The van der Waals surface area contributed by atoms with Crippen molar-refractivity contribution in [2.75, 3.05) is 0 Å². The molecule has 0 bridgehead atoms. The van der Waals surface area contributed by atoms with E-state index in [-0.39, 0.29) is 17.5 Å². The minimum absolute atomic E-state index is 0.0763. The Balaban J connectivity index is 1.54. The van der Waals surface area contributed by atoms with E-state index in [1.807, 2.05) is 0 Å². The first-order chi connectivity index (χ1) is 15.1. The van der Waals surface area contributed by atoms with Crippen LogP contribution in [-0.4, -0.2) is 12.1 Å². The number of fused-ring (bicyclic) bond motifs is 5. The number of hydrogen-bond donors (Lipinski definition) is 0. The van der Waals surface area contributed by atoms with Gasteiger partial charge in [-0.1, -0.05) is 77.0 Å². The van der Waals surface area contributed by atoms with Crippen molar-refractivity contribution < 1.29 is 9.53 Å². The van der Waals surface area contributed by atoms with Gasteiger partial charge < -0.3 is 4.74 Å². The van der Waals surface area contributed by atoms with Gasteiger partial charge in [-0.3, -0.25) is 4.79 Å². The van der Waals surface area contributed by atoms with Gasteiger partial charge in [0.05, 0.1) is 0 Å². The van der Waals surface area contributed by atoms with Crippen molar-refractivity contribution in [3.63, 3.8) is 0 Å². The van der Waals surface area contributed by atoms with Gasteiger partial charge in [-0.15, -0.1) is 0 Å². The molecule has 2 nitrogen and oxygen atoms in total. The second-order valence-electron chi connectivity index (χ2n) is 12.4. The van der Waals surface area contributed by atoms with E-state index in [9.17, 15) is 4.79 Å². The highest BCUT2D eigenvalue weighted by Gasteiger charge is 2.56. The average molecular weight is 439 g/mol. The molecule has 0 aromatic heterocycles. The molecule has 0 N–H and O–H groups in total.